The number of carbonyl (C=O) groups excluding carboxylic acids is 1. The molecule has 0 aromatic heterocycles. The van der Waals surface area contributed by atoms with Crippen molar-refractivity contribution in [1.82, 2.24) is 10.2 Å². The molecule has 2 aliphatic rings. The molecular weight excluding hydrogens is 260 g/mol. The molecule has 3 nitrogen and oxygen atoms in total. The molecule has 1 aromatic rings. The fraction of sp³-hybridized carbons (Fsp3) is 0.611. The van der Waals surface area contributed by atoms with E-state index in [4.69, 9.17) is 0 Å². The van der Waals surface area contributed by atoms with Crippen molar-refractivity contribution in [1.29, 1.82) is 0 Å². The minimum atomic E-state index is -0.170. The standard InChI is InChI=1S/C18H26N2O/c1-13-9-5-3-8-12-16(13)20-14(2)19-17(18(20)21)15-10-6-4-7-11-15/h4,6-7,10-11,13-14,16-17,19H,3,5,8-9,12H2,1-2H3. The van der Waals surface area contributed by atoms with Crippen LogP contribution >= 0.6 is 0 Å². The maximum absolute atomic E-state index is 12.9. The summed E-state index contributed by atoms with van der Waals surface area (Å²) in [6.45, 7) is 4.43. The molecule has 1 aliphatic carbocycles. The van der Waals surface area contributed by atoms with Crippen molar-refractivity contribution in [2.24, 2.45) is 5.92 Å². The smallest absolute Gasteiger partial charge is 0.245 e. The van der Waals surface area contributed by atoms with Gasteiger partial charge in [0, 0.05) is 6.04 Å². The molecule has 0 bridgehead atoms. The van der Waals surface area contributed by atoms with Gasteiger partial charge in [0.2, 0.25) is 5.91 Å². The first-order valence-corrected chi connectivity index (χ1v) is 8.31. The summed E-state index contributed by atoms with van der Waals surface area (Å²) in [7, 11) is 0. The normalized spacial score (nSPS) is 34.0. The molecule has 0 radical (unpaired) electrons. The van der Waals surface area contributed by atoms with Crippen molar-refractivity contribution in [3.63, 3.8) is 0 Å². The Kier molecular flexibility index (Phi) is 4.29. The fourth-order valence-electron chi connectivity index (χ4n) is 3.95. The lowest BCUT2D eigenvalue weighted by molar-refractivity contribution is -0.133. The summed E-state index contributed by atoms with van der Waals surface area (Å²) in [5.74, 6) is 0.864. The monoisotopic (exact) mass is 286 g/mol. The summed E-state index contributed by atoms with van der Waals surface area (Å²) in [4.78, 5) is 15.1. The van der Waals surface area contributed by atoms with Crippen LogP contribution in [0.25, 0.3) is 0 Å². The van der Waals surface area contributed by atoms with E-state index in [1.807, 2.05) is 30.3 Å². The molecule has 1 amide bonds. The van der Waals surface area contributed by atoms with Gasteiger partial charge in [0.05, 0.1) is 6.17 Å². The molecular formula is C18H26N2O. The maximum Gasteiger partial charge on any atom is 0.245 e. The number of nitrogens with zero attached hydrogens (tertiary/aromatic N) is 1. The number of amides is 1. The van der Waals surface area contributed by atoms with Crippen molar-refractivity contribution in [2.75, 3.05) is 0 Å². The summed E-state index contributed by atoms with van der Waals surface area (Å²) in [6.07, 6.45) is 6.41. The number of carbonyl (C=O) groups is 1. The summed E-state index contributed by atoms with van der Waals surface area (Å²) in [6, 6.07) is 10.3. The highest BCUT2D eigenvalue weighted by Gasteiger charge is 2.42. The predicted octanol–water partition coefficient (Wildman–Crippen LogP) is 3.47. The van der Waals surface area contributed by atoms with E-state index in [0.717, 1.165) is 12.0 Å². The van der Waals surface area contributed by atoms with Crippen molar-refractivity contribution in [3.8, 4) is 0 Å². The molecule has 1 saturated carbocycles. The van der Waals surface area contributed by atoms with E-state index in [2.05, 4.69) is 24.1 Å². The second-order valence-corrected chi connectivity index (χ2v) is 6.61. The average Bonchev–Trinajstić information content (AvgIpc) is 2.65. The van der Waals surface area contributed by atoms with Gasteiger partial charge in [-0.15, -0.1) is 0 Å². The van der Waals surface area contributed by atoms with Crippen molar-refractivity contribution in [2.45, 2.75) is 64.2 Å². The van der Waals surface area contributed by atoms with E-state index < -0.39 is 0 Å². The maximum atomic E-state index is 12.9. The summed E-state index contributed by atoms with van der Waals surface area (Å²) in [5.41, 5.74) is 1.08. The Morgan fingerprint density at radius 3 is 2.52 bits per heavy atom. The second kappa shape index (κ2) is 6.18. The van der Waals surface area contributed by atoms with Crippen LogP contribution in [0, 0.1) is 5.92 Å². The van der Waals surface area contributed by atoms with E-state index in [-0.39, 0.29) is 18.1 Å². The topological polar surface area (TPSA) is 32.3 Å². The van der Waals surface area contributed by atoms with Gasteiger partial charge in [-0.3, -0.25) is 10.1 Å². The van der Waals surface area contributed by atoms with E-state index >= 15 is 0 Å². The highest BCUT2D eigenvalue weighted by atomic mass is 16.2. The van der Waals surface area contributed by atoms with Crippen LogP contribution in [-0.4, -0.2) is 23.0 Å². The van der Waals surface area contributed by atoms with Gasteiger partial charge in [0.25, 0.3) is 0 Å². The third-order valence-electron chi connectivity index (χ3n) is 5.13. The van der Waals surface area contributed by atoms with Gasteiger partial charge in [0.1, 0.15) is 6.04 Å². The molecule has 4 atom stereocenters. The third kappa shape index (κ3) is 2.84. The van der Waals surface area contributed by atoms with Crippen LogP contribution in [0.3, 0.4) is 0 Å². The zero-order valence-electron chi connectivity index (χ0n) is 13.1. The van der Waals surface area contributed by atoms with Gasteiger partial charge < -0.3 is 4.90 Å². The number of hydrogen-bond donors (Lipinski definition) is 1. The molecule has 4 unspecified atom stereocenters. The molecule has 0 spiro atoms. The first-order chi connectivity index (χ1) is 10.2. The number of hydrogen-bond acceptors (Lipinski definition) is 2. The van der Waals surface area contributed by atoms with Gasteiger partial charge in [-0.25, -0.2) is 0 Å². The van der Waals surface area contributed by atoms with Gasteiger partial charge in [-0.1, -0.05) is 56.5 Å². The van der Waals surface area contributed by atoms with Gasteiger partial charge in [0.15, 0.2) is 0 Å². The Hall–Kier alpha value is -1.35. The molecule has 1 heterocycles. The molecule has 1 N–H and O–H groups in total. The minimum absolute atomic E-state index is 0.133. The lowest BCUT2D eigenvalue weighted by atomic mass is 9.94. The van der Waals surface area contributed by atoms with Crippen LogP contribution in [0.2, 0.25) is 0 Å². The molecule has 1 aliphatic heterocycles. The Balaban J connectivity index is 1.81. The Bertz CT molecular complexity index is 487. The van der Waals surface area contributed by atoms with E-state index in [0.29, 0.717) is 12.0 Å². The molecule has 1 aromatic carbocycles. The highest BCUT2D eigenvalue weighted by molar-refractivity contribution is 5.86. The quantitative estimate of drug-likeness (QED) is 0.844. The van der Waals surface area contributed by atoms with E-state index in [1.54, 1.807) is 0 Å². The number of nitrogens with one attached hydrogen (secondary N) is 1. The lowest BCUT2D eigenvalue weighted by Gasteiger charge is -2.34. The number of benzene rings is 1. The van der Waals surface area contributed by atoms with Crippen molar-refractivity contribution in [3.05, 3.63) is 35.9 Å². The van der Waals surface area contributed by atoms with Crippen LogP contribution in [0.1, 0.15) is 57.6 Å². The average molecular weight is 286 g/mol. The van der Waals surface area contributed by atoms with Crippen LogP contribution in [0.5, 0.6) is 0 Å². The zero-order chi connectivity index (χ0) is 14.8. The minimum Gasteiger partial charge on any atom is -0.323 e. The highest BCUT2D eigenvalue weighted by Crippen LogP contribution is 2.33. The van der Waals surface area contributed by atoms with Gasteiger partial charge in [-0.05, 0) is 31.2 Å². The second-order valence-electron chi connectivity index (χ2n) is 6.61. The molecule has 2 fully saturated rings. The Morgan fingerprint density at radius 2 is 1.76 bits per heavy atom. The van der Waals surface area contributed by atoms with Crippen molar-refractivity contribution >= 4 is 5.91 Å². The van der Waals surface area contributed by atoms with Crippen LogP contribution in [0.15, 0.2) is 30.3 Å². The van der Waals surface area contributed by atoms with Gasteiger partial charge >= 0.3 is 0 Å². The van der Waals surface area contributed by atoms with E-state index in [9.17, 15) is 4.79 Å². The zero-order valence-corrected chi connectivity index (χ0v) is 13.1. The largest absolute Gasteiger partial charge is 0.323 e. The first kappa shape index (κ1) is 14.6. The summed E-state index contributed by atoms with van der Waals surface area (Å²) < 4.78 is 0. The van der Waals surface area contributed by atoms with Crippen LogP contribution < -0.4 is 5.32 Å². The molecule has 21 heavy (non-hydrogen) atoms. The SMILES string of the molecule is CC1CCCCCC1N1C(=O)C(c2ccccc2)NC1C. The van der Waals surface area contributed by atoms with Crippen molar-refractivity contribution < 1.29 is 4.79 Å². The van der Waals surface area contributed by atoms with Crippen LogP contribution in [-0.2, 0) is 4.79 Å². The summed E-state index contributed by atoms with van der Waals surface area (Å²) in [5, 5.41) is 3.48. The first-order valence-electron chi connectivity index (χ1n) is 8.31. The number of rotatable bonds is 2. The third-order valence-corrected chi connectivity index (χ3v) is 5.13. The lowest BCUT2D eigenvalue weighted by Crippen LogP contribution is -2.45. The van der Waals surface area contributed by atoms with Gasteiger partial charge in [-0.2, -0.15) is 0 Å². The molecule has 114 valence electrons. The predicted molar refractivity (Wildman–Crippen MR) is 84.7 cm³/mol. The molecule has 3 heteroatoms. The molecule has 1 saturated heterocycles. The van der Waals surface area contributed by atoms with Crippen LogP contribution in [0.4, 0.5) is 0 Å². The molecule has 3 rings (SSSR count). The van der Waals surface area contributed by atoms with E-state index in [1.165, 1.54) is 25.7 Å². The Labute approximate surface area is 127 Å². The Morgan fingerprint density at radius 1 is 1.05 bits per heavy atom. The fourth-order valence-corrected chi connectivity index (χ4v) is 3.95. The summed E-state index contributed by atoms with van der Waals surface area (Å²) >= 11 is 0.